The van der Waals surface area contributed by atoms with Gasteiger partial charge in [-0.25, -0.2) is 0 Å². The number of nitrogens with zero attached hydrogens (tertiary/aromatic N) is 1. The fraction of sp³-hybridized carbons (Fsp3) is 0.842. The predicted octanol–water partition coefficient (Wildman–Crippen LogP) is 3.09. The highest BCUT2D eigenvalue weighted by molar-refractivity contribution is 5.74. The molecule has 2 aliphatic heterocycles. The molecule has 22 heavy (non-hydrogen) atoms. The smallest absolute Gasteiger partial charge is 0.310 e. The molecule has 0 aromatic heterocycles. The first-order chi connectivity index (χ1) is 10.7. The van der Waals surface area contributed by atoms with E-state index in [0.29, 0.717) is 29.8 Å². The second-order valence-electron chi connectivity index (χ2n) is 7.42. The molecule has 1 saturated carbocycles. The Kier molecular flexibility index (Phi) is 4.78. The van der Waals surface area contributed by atoms with Gasteiger partial charge in [0.15, 0.2) is 0 Å². The standard InChI is InChI=1S/C19H29NO2/c1-4-5-13-6-8-14(9-7-13)16-12-15-10-11-17(20(15)2)18(16)19(21)22-3/h13-18H,6-12H2,1-3H3/t13?,14?,15-,16-,17?,18?/m1/s1. The Morgan fingerprint density at radius 1 is 1.14 bits per heavy atom. The molecule has 122 valence electrons. The molecule has 0 amide bonds. The summed E-state index contributed by atoms with van der Waals surface area (Å²) in [6.45, 7) is 1.94. The Labute approximate surface area is 134 Å². The molecule has 0 aromatic rings. The van der Waals surface area contributed by atoms with Crippen molar-refractivity contribution < 1.29 is 9.53 Å². The van der Waals surface area contributed by atoms with Crippen molar-refractivity contribution in [3.8, 4) is 11.8 Å². The molecule has 0 spiro atoms. The van der Waals surface area contributed by atoms with Crippen molar-refractivity contribution in [2.45, 2.75) is 64.0 Å². The Morgan fingerprint density at radius 2 is 1.86 bits per heavy atom. The molecule has 0 N–H and O–H groups in total. The van der Waals surface area contributed by atoms with Crippen LogP contribution in [0.2, 0.25) is 0 Å². The number of carbonyl (C=O) groups is 1. The van der Waals surface area contributed by atoms with Gasteiger partial charge in [-0.05, 0) is 70.8 Å². The van der Waals surface area contributed by atoms with Gasteiger partial charge in [0.05, 0.1) is 13.0 Å². The number of carbonyl (C=O) groups excluding carboxylic acids is 1. The van der Waals surface area contributed by atoms with Crippen molar-refractivity contribution in [1.82, 2.24) is 4.90 Å². The highest BCUT2D eigenvalue weighted by Crippen LogP contribution is 2.48. The van der Waals surface area contributed by atoms with E-state index in [0.717, 1.165) is 6.42 Å². The predicted molar refractivity (Wildman–Crippen MR) is 87.1 cm³/mol. The van der Waals surface area contributed by atoms with Crippen LogP contribution in [0.25, 0.3) is 0 Å². The number of fused-ring (bicyclic) bond motifs is 2. The average molecular weight is 303 g/mol. The van der Waals surface area contributed by atoms with E-state index in [-0.39, 0.29) is 11.9 Å². The van der Waals surface area contributed by atoms with E-state index in [4.69, 9.17) is 4.74 Å². The number of piperidine rings is 1. The van der Waals surface area contributed by atoms with Gasteiger partial charge < -0.3 is 4.74 Å². The highest BCUT2D eigenvalue weighted by Gasteiger charge is 2.51. The van der Waals surface area contributed by atoms with Crippen molar-refractivity contribution in [1.29, 1.82) is 0 Å². The number of ether oxygens (including phenoxy) is 1. The quantitative estimate of drug-likeness (QED) is 0.580. The highest BCUT2D eigenvalue weighted by atomic mass is 16.5. The van der Waals surface area contributed by atoms with E-state index in [9.17, 15) is 4.79 Å². The fourth-order valence-electron chi connectivity index (χ4n) is 5.35. The van der Waals surface area contributed by atoms with Crippen molar-refractivity contribution in [3.63, 3.8) is 0 Å². The minimum Gasteiger partial charge on any atom is -0.469 e. The van der Waals surface area contributed by atoms with Crippen LogP contribution in [0.3, 0.4) is 0 Å². The van der Waals surface area contributed by atoms with Gasteiger partial charge in [0.2, 0.25) is 0 Å². The van der Waals surface area contributed by atoms with Crippen LogP contribution in [0.1, 0.15) is 51.9 Å². The second kappa shape index (κ2) is 6.62. The van der Waals surface area contributed by atoms with Crippen molar-refractivity contribution in [3.05, 3.63) is 0 Å². The molecule has 3 heteroatoms. The summed E-state index contributed by atoms with van der Waals surface area (Å²) in [6, 6.07) is 1.09. The maximum Gasteiger partial charge on any atom is 0.310 e. The van der Waals surface area contributed by atoms with E-state index < -0.39 is 0 Å². The number of hydrogen-bond donors (Lipinski definition) is 0. The first-order valence-electron chi connectivity index (χ1n) is 8.87. The van der Waals surface area contributed by atoms with Gasteiger partial charge in [-0.3, -0.25) is 9.69 Å². The molecule has 4 atom stereocenters. The molecular formula is C19H29NO2. The fourth-order valence-corrected chi connectivity index (χ4v) is 5.35. The Bertz CT molecular complexity index is 470. The minimum atomic E-state index is 0.0256. The third-order valence-electron chi connectivity index (χ3n) is 6.51. The lowest BCUT2D eigenvalue weighted by Gasteiger charge is -2.45. The summed E-state index contributed by atoms with van der Waals surface area (Å²) >= 11 is 0. The van der Waals surface area contributed by atoms with Crippen LogP contribution in [0.15, 0.2) is 0 Å². The van der Waals surface area contributed by atoms with Gasteiger partial charge in [-0.15, -0.1) is 11.8 Å². The largest absolute Gasteiger partial charge is 0.469 e. The first-order valence-corrected chi connectivity index (χ1v) is 8.87. The van der Waals surface area contributed by atoms with E-state index in [2.05, 4.69) is 23.8 Å². The normalized spacial score (nSPS) is 41.6. The average Bonchev–Trinajstić information content (AvgIpc) is 2.77. The summed E-state index contributed by atoms with van der Waals surface area (Å²) < 4.78 is 5.18. The Morgan fingerprint density at radius 3 is 2.50 bits per heavy atom. The zero-order chi connectivity index (χ0) is 15.7. The van der Waals surface area contributed by atoms with Gasteiger partial charge in [-0.2, -0.15) is 0 Å². The third-order valence-corrected chi connectivity index (χ3v) is 6.51. The zero-order valence-corrected chi connectivity index (χ0v) is 14.2. The van der Waals surface area contributed by atoms with Crippen LogP contribution in [0, 0.1) is 35.5 Å². The molecule has 2 bridgehead atoms. The summed E-state index contributed by atoms with van der Waals surface area (Å²) in [5.41, 5.74) is 0. The molecule has 2 heterocycles. The molecule has 3 nitrogen and oxygen atoms in total. The summed E-state index contributed by atoms with van der Waals surface area (Å²) in [5.74, 6) is 8.32. The lowest BCUT2D eigenvalue weighted by atomic mass is 9.67. The maximum atomic E-state index is 12.4. The summed E-state index contributed by atoms with van der Waals surface area (Å²) in [4.78, 5) is 14.9. The zero-order valence-electron chi connectivity index (χ0n) is 14.2. The molecule has 2 saturated heterocycles. The topological polar surface area (TPSA) is 29.5 Å². The van der Waals surface area contributed by atoms with Crippen molar-refractivity contribution in [2.75, 3.05) is 14.2 Å². The van der Waals surface area contributed by atoms with Crippen LogP contribution < -0.4 is 0 Å². The minimum absolute atomic E-state index is 0.0256. The number of methoxy groups -OCH3 is 1. The summed E-state index contributed by atoms with van der Waals surface area (Å²) in [5, 5.41) is 0. The van der Waals surface area contributed by atoms with Crippen LogP contribution in [0.4, 0.5) is 0 Å². The van der Waals surface area contributed by atoms with Crippen LogP contribution in [-0.4, -0.2) is 37.1 Å². The molecular weight excluding hydrogens is 274 g/mol. The second-order valence-corrected chi connectivity index (χ2v) is 7.42. The van der Waals surface area contributed by atoms with Gasteiger partial charge in [0, 0.05) is 18.0 Å². The molecule has 0 aromatic carbocycles. The van der Waals surface area contributed by atoms with E-state index >= 15 is 0 Å². The maximum absolute atomic E-state index is 12.4. The monoisotopic (exact) mass is 303 g/mol. The summed E-state index contributed by atoms with van der Waals surface area (Å²) in [6.07, 6.45) is 8.49. The lowest BCUT2D eigenvalue weighted by molar-refractivity contribution is -0.154. The number of rotatable bonds is 2. The summed E-state index contributed by atoms with van der Waals surface area (Å²) in [7, 11) is 3.75. The third kappa shape index (κ3) is 2.78. The molecule has 1 aliphatic carbocycles. The van der Waals surface area contributed by atoms with Crippen LogP contribution in [-0.2, 0) is 9.53 Å². The van der Waals surface area contributed by atoms with E-state index in [1.807, 2.05) is 6.92 Å². The Hall–Kier alpha value is -1.01. The molecule has 2 unspecified atom stereocenters. The molecule has 0 radical (unpaired) electrons. The SMILES string of the molecule is CC#CC1CCC([C@H]2C[C@H]3CCC(C2C(=O)OC)N3C)CC1. The van der Waals surface area contributed by atoms with Crippen LogP contribution >= 0.6 is 0 Å². The van der Waals surface area contributed by atoms with Gasteiger partial charge in [0.1, 0.15) is 0 Å². The van der Waals surface area contributed by atoms with Crippen LogP contribution in [0.5, 0.6) is 0 Å². The van der Waals surface area contributed by atoms with Gasteiger partial charge in [0.25, 0.3) is 0 Å². The van der Waals surface area contributed by atoms with E-state index in [1.54, 1.807) is 7.11 Å². The first kappa shape index (κ1) is 15.9. The van der Waals surface area contributed by atoms with Gasteiger partial charge in [-0.1, -0.05) is 0 Å². The number of esters is 1. The molecule has 3 rings (SSSR count). The Balaban J connectivity index is 1.73. The van der Waals surface area contributed by atoms with Gasteiger partial charge >= 0.3 is 5.97 Å². The molecule has 3 aliphatic rings. The van der Waals surface area contributed by atoms with Crippen molar-refractivity contribution in [2.24, 2.45) is 23.7 Å². The van der Waals surface area contributed by atoms with E-state index in [1.165, 1.54) is 38.5 Å². The van der Waals surface area contributed by atoms with Crippen molar-refractivity contribution >= 4 is 5.97 Å². The number of hydrogen-bond acceptors (Lipinski definition) is 3. The lowest BCUT2D eigenvalue weighted by Crippen LogP contribution is -2.52. The molecule has 3 fully saturated rings.